The molecule has 2 rings (SSSR count). The highest BCUT2D eigenvalue weighted by molar-refractivity contribution is 6.05. The van der Waals surface area contributed by atoms with Crippen LogP contribution in [0.15, 0.2) is 0 Å². The summed E-state index contributed by atoms with van der Waals surface area (Å²) in [5.74, 6) is -0.588. The Morgan fingerprint density at radius 3 is 2.93 bits per heavy atom. The molecule has 2 saturated heterocycles. The largest absolute Gasteiger partial charge is 0.386 e. The number of amides is 2. The van der Waals surface area contributed by atoms with Crippen LogP contribution >= 0.6 is 0 Å². The van der Waals surface area contributed by atoms with E-state index < -0.39 is 11.6 Å². The van der Waals surface area contributed by atoms with Gasteiger partial charge in [-0.1, -0.05) is 0 Å². The Morgan fingerprint density at radius 2 is 2.40 bits per heavy atom. The standard InChI is InChI=1S/C9H14N2O4/c12-7-3-6(8(13)11-7)10-4-9(14)1-2-15-5-9/h6,10,14H,1-5H2,(H,11,12,13). The summed E-state index contributed by atoms with van der Waals surface area (Å²) >= 11 is 0. The maximum absolute atomic E-state index is 11.2. The second-order valence-electron chi connectivity index (χ2n) is 4.08. The van der Waals surface area contributed by atoms with Gasteiger partial charge in [-0.2, -0.15) is 0 Å². The molecule has 0 aliphatic carbocycles. The van der Waals surface area contributed by atoms with E-state index in [-0.39, 0.29) is 31.4 Å². The fourth-order valence-electron chi connectivity index (χ4n) is 1.77. The van der Waals surface area contributed by atoms with Crippen molar-refractivity contribution in [2.24, 2.45) is 0 Å². The van der Waals surface area contributed by atoms with E-state index >= 15 is 0 Å². The van der Waals surface area contributed by atoms with Gasteiger partial charge in [0.05, 0.1) is 19.1 Å². The summed E-state index contributed by atoms with van der Waals surface area (Å²) in [5.41, 5.74) is -0.897. The summed E-state index contributed by atoms with van der Waals surface area (Å²) in [7, 11) is 0. The minimum absolute atomic E-state index is 0.149. The molecule has 6 heteroatoms. The van der Waals surface area contributed by atoms with Crippen molar-refractivity contribution < 1.29 is 19.4 Å². The van der Waals surface area contributed by atoms with Crippen molar-refractivity contribution in [2.75, 3.05) is 19.8 Å². The van der Waals surface area contributed by atoms with Crippen LogP contribution in [0.4, 0.5) is 0 Å². The fourth-order valence-corrected chi connectivity index (χ4v) is 1.77. The highest BCUT2D eigenvalue weighted by Crippen LogP contribution is 2.17. The zero-order valence-electron chi connectivity index (χ0n) is 8.28. The number of carbonyl (C=O) groups is 2. The molecule has 2 atom stereocenters. The van der Waals surface area contributed by atoms with E-state index in [1.807, 2.05) is 0 Å². The maximum atomic E-state index is 11.2. The van der Waals surface area contributed by atoms with Crippen molar-refractivity contribution in [1.82, 2.24) is 10.6 Å². The van der Waals surface area contributed by atoms with Crippen molar-refractivity contribution in [2.45, 2.75) is 24.5 Å². The van der Waals surface area contributed by atoms with Crippen molar-refractivity contribution in [3.8, 4) is 0 Å². The van der Waals surface area contributed by atoms with Gasteiger partial charge in [0.1, 0.15) is 5.60 Å². The number of hydrogen-bond donors (Lipinski definition) is 3. The molecule has 0 aromatic heterocycles. The quantitative estimate of drug-likeness (QED) is 0.480. The van der Waals surface area contributed by atoms with Crippen LogP contribution in [0.1, 0.15) is 12.8 Å². The number of ether oxygens (including phenoxy) is 1. The maximum Gasteiger partial charge on any atom is 0.244 e. The summed E-state index contributed by atoms with van der Waals surface area (Å²) in [6.07, 6.45) is 0.706. The van der Waals surface area contributed by atoms with Crippen LogP contribution in [0.3, 0.4) is 0 Å². The average molecular weight is 214 g/mol. The predicted molar refractivity (Wildman–Crippen MR) is 49.9 cm³/mol. The molecule has 0 aromatic carbocycles. The minimum Gasteiger partial charge on any atom is -0.386 e. The molecule has 0 spiro atoms. The lowest BCUT2D eigenvalue weighted by Crippen LogP contribution is -2.47. The third kappa shape index (κ3) is 2.34. The SMILES string of the molecule is O=C1CC(NCC2(O)CCOC2)C(=O)N1. The second-order valence-corrected chi connectivity index (χ2v) is 4.08. The Morgan fingerprint density at radius 1 is 1.60 bits per heavy atom. The van der Waals surface area contributed by atoms with Crippen molar-refractivity contribution >= 4 is 11.8 Å². The number of nitrogens with one attached hydrogen (secondary N) is 2. The van der Waals surface area contributed by atoms with Crippen LogP contribution in [-0.4, -0.2) is 48.3 Å². The Hall–Kier alpha value is -0.980. The van der Waals surface area contributed by atoms with Crippen LogP contribution < -0.4 is 10.6 Å². The van der Waals surface area contributed by atoms with Crippen molar-refractivity contribution in [1.29, 1.82) is 0 Å². The molecular weight excluding hydrogens is 200 g/mol. The van der Waals surface area contributed by atoms with Gasteiger partial charge in [0.15, 0.2) is 0 Å². The molecule has 6 nitrogen and oxygen atoms in total. The number of imide groups is 1. The molecule has 0 saturated carbocycles. The molecule has 0 radical (unpaired) electrons. The summed E-state index contributed by atoms with van der Waals surface area (Å²) < 4.78 is 5.07. The Kier molecular flexibility index (Phi) is 2.72. The lowest BCUT2D eigenvalue weighted by molar-refractivity contribution is -0.125. The van der Waals surface area contributed by atoms with Gasteiger partial charge in [-0.3, -0.25) is 14.9 Å². The molecule has 3 N–H and O–H groups in total. The molecule has 84 valence electrons. The summed E-state index contributed by atoms with van der Waals surface area (Å²) in [5, 5.41) is 15.0. The van der Waals surface area contributed by atoms with Gasteiger partial charge in [0.25, 0.3) is 0 Å². The van der Waals surface area contributed by atoms with E-state index in [9.17, 15) is 14.7 Å². The molecule has 0 aromatic rings. The van der Waals surface area contributed by atoms with Gasteiger partial charge in [-0.25, -0.2) is 0 Å². The molecule has 2 amide bonds. The molecule has 15 heavy (non-hydrogen) atoms. The van der Waals surface area contributed by atoms with E-state index in [0.29, 0.717) is 13.0 Å². The van der Waals surface area contributed by atoms with Gasteiger partial charge in [-0.15, -0.1) is 0 Å². The van der Waals surface area contributed by atoms with Crippen molar-refractivity contribution in [3.05, 3.63) is 0 Å². The molecule has 2 aliphatic rings. The Bertz CT molecular complexity index is 286. The Labute approximate surface area is 87.0 Å². The van der Waals surface area contributed by atoms with E-state index in [4.69, 9.17) is 4.74 Å². The van der Waals surface area contributed by atoms with Crippen LogP contribution in [0.5, 0.6) is 0 Å². The second kappa shape index (κ2) is 3.88. The van der Waals surface area contributed by atoms with Gasteiger partial charge in [0, 0.05) is 19.6 Å². The molecule has 2 unspecified atom stereocenters. The van der Waals surface area contributed by atoms with Crippen molar-refractivity contribution in [3.63, 3.8) is 0 Å². The Balaban J connectivity index is 1.83. The van der Waals surface area contributed by atoms with Gasteiger partial charge < -0.3 is 15.2 Å². The first-order valence-corrected chi connectivity index (χ1v) is 4.96. The number of hydrogen-bond acceptors (Lipinski definition) is 5. The van der Waals surface area contributed by atoms with E-state index in [2.05, 4.69) is 10.6 Å². The monoisotopic (exact) mass is 214 g/mol. The van der Waals surface area contributed by atoms with Crippen LogP contribution in [-0.2, 0) is 14.3 Å². The average Bonchev–Trinajstić information content (AvgIpc) is 2.71. The third-order valence-electron chi connectivity index (χ3n) is 2.73. The summed E-state index contributed by atoms with van der Waals surface area (Å²) in [6, 6.07) is -0.512. The first-order valence-electron chi connectivity index (χ1n) is 4.96. The van der Waals surface area contributed by atoms with Gasteiger partial charge in [-0.05, 0) is 0 Å². The number of carbonyl (C=O) groups excluding carboxylic acids is 2. The first-order chi connectivity index (χ1) is 7.09. The van der Waals surface area contributed by atoms with Crippen LogP contribution in [0, 0.1) is 0 Å². The summed E-state index contributed by atoms with van der Waals surface area (Å²) in [4.78, 5) is 22.1. The molecule has 2 aliphatic heterocycles. The zero-order chi connectivity index (χ0) is 10.9. The third-order valence-corrected chi connectivity index (χ3v) is 2.73. The number of aliphatic hydroxyl groups is 1. The first kappa shape index (κ1) is 10.5. The van der Waals surface area contributed by atoms with Gasteiger partial charge >= 0.3 is 0 Å². The van der Waals surface area contributed by atoms with Crippen LogP contribution in [0.25, 0.3) is 0 Å². The number of rotatable bonds is 3. The van der Waals surface area contributed by atoms with Crippen LogP contribution in [0.2, 0.25) is 0 Å². The van der Waals surface area contributed by atoms with E-state index in [0.717, 1.165) is 0 Å². The highest BCUT2D eigenvalue weighted by atomic mass is 16.5. The van der Waals surface area contributed by atoms with Gasteiger partial charge in [0.2, 0.25) is 11.8 Å². The predicted octanol–water partition coefficient (Wildman–Crippen LogP) is -1.86. The lowest BCUT2D eigenvalue weighted by atomic mass is 10.0. The molecule has 2 fully saturated rings. The molecule has 0 bridgehead atoms. The molecule has 2 heterocycles. The topological polar surface area (TPSA) is 87.7 Å². The molecular formula is C9H14N2O4. The summed E-state index contributed by atoms with van der Waals surface area (Å²) in [6.45, 7) is 1.09. The minimum atomic E-state index is -0.897. The normalized spacial score (nSPS) is 35.9. The fraction of sp³-hybridized carbons (Fsp3) is 0.778. The smallest absolute Gasteiger partial charge is 0.244 e. The van der Waals surface area contributed by atoms with E-state index in [1.165, 1.54) is 0 Å². The zero-order valence-corrected chi connectivity index (χ0v) is 8.28. The van der Waals surface area contributed by atoms with E-state index in [1.54, 1.807) is 0 Å². The highest BCUT2D eigenvalue weighted by Gasteiger charge is 2.36. The lowest BCUT2D eigenvalue weighted by Gasteiger charge is -2.22.